The minimum absolute atomic E-state index is 0.0205. The normalized spacial score (nSPS) is 22.1. The van der Waals surface area contributed by atoms with E-state index in [9.17, 15) is 14.0 Å². The van der Waals surface area contributed by atoms with E-state index in [-0.39, 0.29) is 36.8 Å². The average molecular weight is 452 g/mol. The number of aromatic nitrogens is 1. The van der Waals surface area contributed by atoms with Gasteiger partial charge in [0.2, 0.25) is 5.91 Å². The zero-order valence-corrected chi connectivity index (χ0v) is 19.0. The third-order valence-electron chi connectivity index (χ3n) is 7.26. The van der Waals surface area contributed by atoms with E-state index >= 15 is 0 Å². The van der Waals surface area contributed by atoms with Crippen molar-refractivity contribution in [3.8, 4) is 0 Å². The first kappa shape index (κ1) is 21.7. The van der Waals surface area contributed by atoms with Crippen LogP contribution in [0.25, 0.3) is 11.1 Å². The van der Waals surface area contributed by atoms with Crippen LogP contribution in [0.4, 0.5) is 4.39 Å². The van der Waals surface area contributed by atoms with Crippen molar-refractivity contribution in [1.29, 1.82) is 0 Å². The van der Waals surface area contributed by atoms with Crippen molar-refractivity contribution in [3.63, 3.8) is 0 Å². The number of benzene rings is 1. The number of fused-ring (bicyclic) bond motifs is 3. The summed E-state index contributed by atoms with van der Waals surface area (Å²) in [6.45, 7) is 2.09. The number of nitrogens with zero attached hydrogens (tertiary/aromatic N) is 2. The van der Waals surface area contributed by atoms with E-state index < -0.39 is 5.54 Å². The standard InChI is InChI=1S/C26H30FN3O3/c1-26(25(32)28-19-10-5-3-2-4-6-11-19)17-29-21-13-14-33-23(21)15-22(29)24(31)30(26)16-18-9-7-8-12-20(18)27/h7-9,12-15,19H,2-6,10-11,16-17H2,1H3,(H,28,32)/t26-/m1/s1. The van der Waals surface area contributed by atoms with Gasteiger partial charge in [-0.1, -0.05) is 50.3 Å². The lowest BCUT2D eigenvalue weighted by Gasteiger charge is -2.44. The highest BCUT2D eigenvalue weighted by Crippen LogP contribution is 2.34. The van der Waals surface area contributed by atoms with Crippen LogP contribution < -0.4 is 5.32 Å². The number of hydrogen-bond donors (Lipinski definition) is 1. The van der Waals surface area contributed by atoms with Crippen LogP contribution in [-0.2, 0) is 17.9 Å². The Hall–Kier alpha value is -3.09. The predicted molar refractivity (Wildman–Crippen MR) is 123 cm³/mol. The molecule has 1 atom stereocenters. The van der Waals surface area contributed by atoms with Gasteiger partial charge in [0.15, 0.2) is 5.58 Å². The van der Waals surface area contributed by atoms with E-state index in [4.69, 9.17) is 4.42 Å². The monoisotopic (exact) mass is 451 g/mol. The fourth-order valence-electron chi connectivity index (χ4n) is 5.26. The summed E-state index contributed by atoms with van der Waals surface area (Å²) in [5.74, 6) is -0.872. The van der Waals surface area contributed by atoms with Gasteiger partial charge in [-0.2, -0.15) is 0 Å². The molecule has 3 aromatic rings. The van der Waals surface area contributed by atoms with Crippen molar-refractivity contribution in [1.82, 2.24) is 14.8 Å². The summed E-state index contributed by atoms with van der Waals surface area (Å²) in [6.07, 6.45) is 9.29. The molecule has 1 aromatic carbocycles. The molecule has 2 amide bonds. The van der Waals surface area contributed by atoms with Gasteiger partial charge in [0.25, 0.3) is 5.91 Å². The summed E-state index contributed by atoms with van der Waals surface area (Å²) in [5, 5.41) is 3.25. The predicted octanol–water partition coefficient (Wildman–Crippen LogP) is 5.02. The maximum absolute atomic E-state index is 14.5. The van der Waals surface area contributed by atoms with Crippen LogP contribution >= 0.6 is 0 Å². The maximum atomic E-state index is 14.5. The SMILES string of the molecule is C[C@]1(C(=O)NC2CCCCCCC2)Cn2c(cc3occc32)C(=O)N1Cc1ccccc1F. The Kier molecular flexibility index (Phi) is 5.72. The lowest BCUT2D eigenvalue weighted by Crippen LogP contribution is -2.64. The van der Waals surface area contributed by atoms with E-state index in [1.165, 1.54) is 30.2 Å². The number of hydrogen-bond acceptors (Lipinski definition) is 3. The lowest BCUT2D eigenvalue weighted by molar-refractivity contribution is -0.134. The molecule has 2 aliphatic rings. The van der Waals surface area contributed by atoms with Crippen molar-refractivity contribution in [3.05, 3.63) is 59.7 Å². The van der Waals surface area contributed by atoms with Gasteiger partial charge in [-0.3, -0.25) is 9.59 Å². The van der Waals surface area contributed by atoms with Crippen molar-refractivity contribution in [2.24, 2.45) is 0 Å². The van der Waals surface area contributed by atoms with Crippen LogP contribution in [0.15, 0.2) is 47.1 Å². The molecule has 5 rings (SSSR count). The van der Waals surface area contributed by atoms with Crippen LogP contribution in [0, 0.1) is 5.82 Å². The first-order chi connectivity index (χ1) is 16.0. The Morgan fingerprint density at radius 1 is 1.15 bits per heavy atom. The average Bonchev–Trinajstić information content (AvgIpc) is 3.36. The number of rotatable bonds is 4. The van der Waals surface area contributed by atoms with E-state index in [0.29, 0.717) is 16.8 Å². The number of nitrogens with one attached hydrogen (secondary N) is 1. The fraction of sp³-hybridized carbons (Fsp3) is 0.462. The topological polar surface area (TPSA) is 67.5 Å². The van der Waals surface area contributed by atoms with E-state index in [2.05, 4.69) is 5.32 Å². The molecule has 7 heteroatoms. The second kappa shape index (κ2) is 8.69. The fourth-order valence-corrected chi connectivity index (χ4v) is 5.26. The maximum Gasteiger partial charge on any atom is 0.271 e. The summed E-state index contributed by atoms with van der Waals surface area (Å²) in [6, 6.07) is 10.0. The molecule has 2 aromatic heterocycles. The van der Waals surface area contributed by atoms with Crippen molar-refractivity contribution in [2.75, 3.05) is 0 Å². The van der Waals surface area contributed by atoms with Gasteiger partial charge < -0.3 is 19.2 Å². The third-order valence-corrected chi connectivity index (χ3v) is 7.26. The molecule has 33 heavy (non-hydrogen) atoms. The Morgan fingerprint density at radius 2 is 1.88 bits per heavy atom. The molecule has 1 aliphatic heterocycles. The van der Waals surface area contributed by atoms with Crippen molar-refractivity contribution >= 4 is 22.9 Å². The van der Waals surface area contributed by atoms with Gasteiger partial charge in [0.1, 0.15) is 17.1 Å². The highest BCUT2D eigenvalue weighted by atomic mass is 19.1. The van der Waals surface area contributed by atoms with Gasteiger partial charge in [-0.15, -0.1) is 0 Å². The smallest absolute Gasteiger partial charge is 0.271 e. The van der Waals surface area contributed by atoms with Gasteiger partial charge in [-0.05, 0) is 25.8 Å². The van der Waals surface area contributed by atoms with E-state index in [1.54, 1.807) is 37.5 Å². The number of carbonyl (C=O) groups excluding carboxylic acids is 2. The molecule has 6 nitrogen and oxygen atoms in total. The molecule has 0 bridgehead atoms. The number of carbonyl (C=O) groups is 2. The zero-order valence-electron chi connectivity index (χ0n) is 19.0. The van der Waals surface area contributed by atoms with E-state index in [0.717, 1.165) is 31.2 Å². The number of amides is 2. The van der Waals surface area contributed by atoms with Crippen LogP contribution in [0.2, 0.25) is 0 Å². The Labute approximate surface area is 192 Å². The second-order valence-corrected chi connectivity index (χ2v) is 9.56. The van der Waals surface area contributed by atoms with Crippen molar-refractivity contribution < 1.29 is 18.4 Å². The number of furan rings is 1. The Bertz CT molecular complexity index is 1170. The first-order valence-corrected chi connectivity index (χ1v) is 11.9. The second-order valence-electron chi connectivity index (χ2n) is 9.56. The Morgan fingerprint density at radius 3 is 2.64 bits per heavy atom. The van der Waals surface area contributed by atoms with Crippen LogP contribution in [0.3, 0.4) is 0 Å². The molecular formula is C26H30FN3O3. The highest BCUT2D eigenvalue weighted by Gasteiger charge is 2.48. The largest absolute Gasteiger partial charge is 0.463 e. The van der Waals surface area contributed by atoms with Gasteiger partial charge in [0, 0.05) is 23.7 Å². The molecule has 0 spiro atoms. The zero-order chi connectivity index (χ0) is 23.0. The molecule has 0 radical (unpaired) electrons. The van der Waals surface area contributed by atoms with E-state index in [1.807, 2.05) is 10.6 Å². The molecule has 3 heterocycles. The molecule has 1 saturated carbocycles. The van der Waals surface area contributed by atoms with Crippen LogP contribution in [-0.4, -0.2) is 32.9 Å². The summed E-state index contributed by atoms with van der Waals surface area (Å²) in [4.78, 5) is 29.0. The van der Waals surface area contributed by atoms with Gasteiger partial charge in [0.05, 0.1) is 24.9 Å². The first-order valence-electron chi connectivity index (χ1n) is 11.9. The molecule has 0 saturated heterocycles. The number of halogens is 1. The summed E-state index contributed by atoms with van der Waals surface area (Å²) < 4.78 is 21.9. The molecule has 1 aliphatic carbocycles. The molecular weight excluding hydrogens is 421 g/mol. The summed E-state index contributed by atoms with van der Waals surface area (Å²) in [7, 11) is 0. The highest BCUT2D eigenvalue weighted by molar-refractivity contribution is 6.02. The molecule has 1 N–H and O–H groups in total. The summed E-state index contributed by atoms with van der Waals surface area (Å²) >= 11 is 0. The minimum atomic E-state index is -1.17. The van der Waals surface area contributed by atoms with Gasteiger partial charge in [-0.25, -0.2) is 4.39 Å². The minimum Gasteiger partial charge on any atom is -0.463 e. The molecule has 0 unspecified atom stereocenters. The van der Waals surface area contributed by atoms with Crippen LogP contribution in [0.1, 0.15) is 67.9 Å². The Balaban J connectivity index is 1.50. The van der Waals surface area contributed by atoms with Gasteiger partial charge >= 0.3 is 0 Å². The van der Waals surface area contributed by atoms with Crippen LogP contribution in [0.5, 0.6) is 0 Å². The summed E-state index contributed by atoms with van der Waals surface area (Å²) in [5.41, 5.74) is 1.07. The van der Waals surface area contributed by atoms with Crippen molar-refractivity contribution in [2.45, 2.75) is 76.5 Å². The molecule has 174 valence electrons. The molecule has 1 fully saturated rings. The third kappa shape index (κ3) is 3.94. The lowest BCUT2D eigenvalue weighted by atomic mass is 9.91. The quantitative estimate of drug-likeness (QED) is 0.606.